The Hall–Kier alpha value is -1.91. The van der Waals surface area contributed by atoms with Crippen molar-refractivity contribution in [2.75, 3.05) is 0 Å². The fourth-order valence-corrected chi connectivity index (χ4v) is 3.82. The third-order valence-electron chi connectivity index (χ3n) is 4.73. The highest BCUT2D eigenvalue weighted by molar-refractivity contribution is 5.92. The molecule has 1 heterocycles. The van der Waals surface area contributed by atoms with Crippen molar-refractivity contribution in [1.82, 2.24) is 15.0 Å². The number of carboxylic acid groups (broad SMARTS) is 1. The summed E-state index contributed by atoms with van der Waals surface area (Å²) in [5.74, 6) is 0.628. The van der Waals surface area contributed by atoms with Crippen LogP contribution in [0.5, 0.6) is 0 Å². The first-order valence-corrected chi connectivity index (χ1v) is 6.80. The molecule has 2 fully saturated rings. The average Bonchev–Trinajstić information content (AvgIpc) is 3.11. The number of hydrogen-bond acceptors (Lipinski definition) is 3. The molecule has 2 aliphatic carbocycles. The summed E-state index contributed by atoms with van der Waals surface area (Å²) >= 11 is 0. The molecule has 2 aromatic rings. The van der Waals surface area contributed by atoms with Crippen LogP contribution in [0.4, 0.5) is 0 Å². The number of rotatable bonds is 2. The molecule has 5 nitrogen and oxygen atoms in total. The lowest BCUT2D eigenvalue weighted by Gasteiger charge is -2.22. The van der Waals surface area contributed by atoms with Gasteiger partial charge in [0, 0.05) is 0 Å². The highest BCUT2D eigenvalue weighted by Crippen LogP contribution is 2.50. The minimum atomic E-state index is -0.900. The van der Waals surface area contributed by atoms with Crippen molar-refractivity contribution in [3.63, 3.8) is 0 Å². The molecule has 0 radical (unpaired) electrons. The Bertz CT molecular complexity index is 664. The van der Waals surface area contributed by atoms with Crippen LogP contribution in [0.1, 0.15) is 42.1 Å². The van der Waals surface area contributed by atoms with E-state index in [2.05, 4.69) is 10.3 Å². The lowest BCUT2D eigenvalue weighted by molar-refractivity contribution is 0.0697. The SMILES string of the molecule is O=C(O)c1ccc2nnn(C3CC4CCC3C4)c2c1. The monoisotopic (exact) mass is 257 g/mol. The molecule has 5 heteroatoms. The molecular formula is C14H15N3O2. The van der Waals surface area contributed by atoms with Gasteiger partial charge in [0.1, 0.15) is 5.52 Å². The Labute approximate surface area is 110 Å². The van der Waals surface area contributed by atoms with E-state index in [0.29, 0.717) is 17.5 Å². The van der Waals surface area contributed by atoms with E-state index in [1.807, 2.05) is 4.68 Å². The Morgan fingerprint density at radius 1 is 1.32 bits per heavy atom. The van der Waals surface area contributed by atoms with Crippen molar-refractivity contribution in [2.45, 2.75) is 31.7 Å². The maximum atomic E-state index is 11.1. The van der Waals surface area contributed by atoms with Gasteiger partial charge in [-0.2, -0.15) is 0 Å². The van der Waals surface area contributed by atoms with E-state index in [0.717, 1.165) is 17.0 Å². The van der Waals surface area contributed by atoms with Gasteiger partial charge in [0.25, 0.3) is 0 Å². The fourth-order valence-electron chi connectivity index (χ4n) is 3.82. The largest absolute Gasteiger partial charge is 0.478 e. The van der Waals surface area contributed by atoms with Crippen LogP contribution in [0.25, 0.3) is 11.0 Å². The Balaban J connectivity index is 1.81. The van der Waals surface area contributed by atoms with Crippen LogP contribution in [0, 0.1) is 11.8 Å². The molecule has 4 rings (SSSR count). The maximum Gasteiger partial charge on any atom is 0.335 e. The van der Waals surface area contributed by atoms with Crippen LogP contribution in [0.2, 0.25) is 0 Å². The predicted octanol–water partition coefficient (Wildman–Crippen LogP) is 2.49. The predicted molar refractivity (Wildman–Crippen MR) is 69.0 cm³/mol. The van der Waals surface area contributed by atoms with E-state index < -0.39 is 5.97 Å². The zero-order chi connectivity index (χ0) is 13.0. The molecule has 19 heavy (non-hydrogen) atoms. The van der Waals surface area contributed by atoms with E-state index in [-0.39, 0.29) is 0 Å². The van der Waals surface area contributed by atoms with Crippen molar-refractivity contribution < 1.29 is 9.90 Å². The molecule has 0 aliphatic heterocycles. The van der Waals surface area contributed by atoms with Gasteiger partial charge in [-0.25, -0.2) is 9.48 Å². The maximum absolute atomic E-state index is 11.1. The molecular weight excluding hydrogens is 242 g/mol. The lowest BCUT2D eigenvalue weighted by atomic mass is 9.95. The molecule has 2 aliphatic rings. The number of carbonyl (C=O) groups is 1. The number of aromatic carboxylic acids is 1. The molecule has 1 aromatic carbocycles. The van der Waals surface area contributed by atoms with Gasteiger partial charge in [-0.1, -0.05) is 11.6 Å². The first-order chi connectivity index (χ1) is 9.22. The van der Waals surface area contributed by atoms with Crippen LogP contribution in [-0.4, -0.2) is 26.1 Å². The Morgan fingerprint density at radius 3 is 2.89 bits per heavy atom. The fraction of sp³-hybridized carbons (Fsp3) is 0.500. The van der Waals surface area contributed by atoms with Crippen LogP contribution in [0.3, 0.4) is 0 Å². The number of nitrogens with zero attached hydrogens (tertiary/aromatic N) is 3. The normalized spacial score (nSPS) is 29.2. The number of benzene rings is 1. The molecule has 3 atom stereocenters. The van der Waals surface area contributed by atoms with Crippen molar-refractivity contribution in [2.24, 2.45) is 11.8 Å². The molecule has 0 spiro atoms. The molecule has 2 saturated carbocycles. The second-order valence-electron chi connectivity index (χ2n) is 5.78. The van der Waals surface area contributed by atoms with Gasteiger partial charge >= 0.3 is 5.97 Å². The summed E-state index contributed by atoms with van der Waals surface area (Å²) < 4.78 is 1.96. The highest BCUT2D eigenvalue weighted by Gasteiger charge is 2.41. The van der Waals surface area contributed by atoms with Gasteiger partial charge in [0.15, 0.2) is 0 Å². The average molecular weight is 257 g/mol. The van der Waals surface area contributed by atoms with Crippen LogP contribution in [-0.2, 0) is 0 Å². The van der Waals surface area contributed by atoms with E-state index >= 15 is 0 Å². The van der Waals surface area contributed by atoms with Gasteiger partial charge in [0.2, 0.25) is 0 Å². The second kappa shape index (κ2) is 3.79. The van der Waals surface area contributed by atoms with Gasteiger partial charge in [0.05, 0.1) is 17.1 Å². The van der Waals surface area contributed by atoms with Crippen molar-refractivity contribution in [3.05, 3.63) is 23.8 Å². The number of fused-ring (bicyclic) bond motifs is 3. The standard InChI is InChI=1S/C14H15N3O2/c18-14(19)10-3-4-11-13(7-10)17(16-15-11)12-6-8-1-2-9(12)5-8/h3-4,7-9,12H,1-2,5-6H2,(H,18,19). The van der Waals surface area contributed by atoms with Crippen LogP contribution >= 0.6 is 0 Å². The minimum absolute atomic E-state index is 0.305. The summed E-state index contributed by atoms with van der Waals surface area (Å²) in [5, 5.41) is 17.5. The first kappa shape index (κ1) is 11.0. The quantitative estimate of drug-likeness (QED) is 0.897. The van der Waals surface area contributed by atoms with Crippen molar-refractivity contribution in [3.8, 4) is 0 Å². The molecule has 98 valence electrons. The zero-order valence-corrected chi connectivity index (χ0v) is 10.5. The van der Waals surface area contributed by atoms with E-state index in [4.69, 9.17) is 5.11 Å². The van der Waals surface area contributed by atoms with Gasteiger partial charge < -0.3 is 5.11 Å². The van der Waals surface area contributed by atoms with E-state index in [9.17, 15) is 4.79 Å². The van der Waals surface area contributed by atoms with Crippen LogP contribution in [0.15, 0.2) is 18.2 Å². The van der Waals surface area contributed by atoms with E-state index in [1.54, 1.807) is 18.2 Å². The Morgan fingerprint density at radius 2 is 2.21 bits per heavy atom. The smallest absolute Gasteiger partial charge is 0.335 e. The van der Waals surface area contributed by atoms with Crippen molar-refractivity contribution in [1.29, 1.82) is 0 Å². The topological polar surface area (TPSA) is 68.0 Å². The summed E-state index contributed by atoms with van der Waals surface area (Å²) in [6.45, 7) is 0. The summed E-state index contributed by atoms with van der Waals surface area (Å²) in [5.41, 5.74) is 1.95. The number of aromatic nitrogens is 3. The first-order valence-electron chi connectivity index (χ1n) is 6.80. The summed E-state index contributed by atoms with van der Waals surface area (Å²) in [7, 11) is 0. The van der Waals surface area contributed by atoms with Crippen molar-refractivity contribution >= 4 is 17.0 Å². The zero-order valence-electron chi connectivity index (χ0n) is 10.5. The molecule has 0 saturated heterocycles. The molecule has 0 amide bonds. The second-order valence-corrected chi connectivity index (χ2v) is 5.78. The molecule has 1 N–H and O–H groups in total. The molecule has 2 bridgehead atoms. The molecule has 3 unspecified atom stereocenters. The minimum Gasteiger partial charge on any atom is -0.478 e. The van der Waals surface area contributed by atoms with Gasteiger partial charge in [-0.05, 0) is 49.3 Å². The van der Waals surface area contributed by atoms with Crippen LogP contribution < -0.4 is 0 Å². The molecule has 1 aromatic heterocycles. The highest BCUT2D eigenvalue weighted by atomic mass is 16.4. The summed E-state index contributed by atoms with van der Waals surface area (Å²) in [6, 6.07) is 5.44. The van der Waals surface area contributed by atoms with Gasteiger partial charge in [-0.15, -0.1) is 5.10 Å². The third-order valence-corrected chi connectivity index (χ3v) is 4.73. The number of hydrogen-bond donors (Lipinski definition) is 1. The summed E-state index contributed by atoms with van der Waals surface area (Å²) in [4.78, 5) is 11.1. The third kappa shape index (κ3) is 1.57. The Kier molecular flexibility index (Phi) is 2.19. The number of carboxylic acids is 1. The van der Waals surface area contributed by atoms with Gasteiger partial charge in [-0.3, -0.25) is 0 Å². The van der Waals surface area contributed by atoms with E-state index in [1.165, 1.54) is 25.7 Å². The lowest BCUT2D eigenvalue weighted by Crippen LogP contribution is -2.17. The summed E-state index contributed by atoms with van der Waals surface area (Å²) in [6.07, 6.45) is 5.08.